The van der Waals surface area contributed by atoms with Crippen molar-refractivity contribution in [3.8, 4) is 0 Å². The lowest BCUT2D eigenvalue weighted by Crippen LogP contribution is -2.47. The monoisotopic (exact) mass is 2020 g/mol. The second-order valence-corrected chi connectivity index (χ2v) is 49.9. The first kappa shape index (κ1) is 104. The smallest absolute Gasteiger partial charge is 0.338 e. The van der Waals surface area contributed by atoms with Gasteiger partial charge in [-0.15, -0.1) is 0 Å². The van der Waals surface area contributed by atoms with Crippen molar-refractivity contribution in [3.05, 3.63) is 309 Å². The highest BCUT2D eigenvalue weighted by atomic mass is 16.5. The highest BCUT2D eigenvalue weighted by Crippen LogP contribution is 2.67. The van der Waals surface area contributed by atoms with Gasteiger partial charge in [0.05, 0.1) is 73.1 Å². The van der Waals surface area contributed by atoms with Crippen molar-refractivity contribution < 1.29 is 47.7 Å². The fourth-order valence-corrected chi connectivity index (χ4v) is 34.6. The highest BCUT2D eigenvalue weighted by Gasteiger charge is 2.57. The Hall–Kier alpha value is -11.7. The third-order valence-electron chi connectivity index (χ3n) is 38.2. The van der Waals surface area contributed by atoms with Gasteiger partial charge in [-0.25, -0.2) is 33.9 Å². The van der Waals surface area contributed by atoms with Crippen LogP contribution in [0.1, 0.15) is 335 Å². The van der Waals surface area contributed by atoms with E-state index in [0.29, 0.717) is 94.5 Å². The number of nitrogen functional groups attached to an aromatic ring is 1. The zero-order valence-corrected chi connectivity index (χ0v) is 89.8. The van der Waals surface area contributed by atoms with Gasteiger partial charge < -0.3 is 50.3 Å². The van der Waals surface area contributed by atoms with Crippen molar-refractivity contribution in [2.24, 2.45) is 116 Å². The molecule has 0 saturated heterocycles. The van der Waals surface area contributed by atoms with E-state index in [0.717, 1.165) is 175 Å². The van der Waals surface area contributed by atoms with Crippen LogP contribution in [-0.4, -0.2) is 77.8 Å². The molecular weight excluding hydrogens is 1860 g/mol. The number of rotatable bonds is 34. The minimum Gasteiger partial charge on any atom is -0.462 e. The molecule has 18 heteroatoms. The summed E-state index contributed by atoms with van der Waals surface area (Å²) >= 11 is 0. The molecule has 0 spiro atoms. The maximum Gasteiger partial charge on any atom is 0.338 e. The van der Waals surface area contributed by atoms with Gasteiger partial charge in [-0.2, -0.15) is 0 Å². The average Bonchev–Trinajstić information content (AvgIpc) is 0.777. The Bertz CT molecular complexity index is 5730. The number of carbonyl (C=O) groups excluding carboxylic acids is 5. The largest absolute Gasteiger partial charge is 0.462 e. The maximum atomic E-state index is 12.8. The summed E-state index contributed by atoms with van der Waals surface area (Å²) in [4.78, 5) is 76.6. The molecule has 0 aliphatic heterocycles. The molecule has 20 saturated carbocycles. The third kappa shape index (κ3) is 25.1. The predicted octanol–water partition coefficient (Wildman–Crippen LogP) is 28.9. The van der Waals surface area contributed by atoms with E-state index in [4.69, 9.17) is 29.4 Å². The number of benzene rings is 8. The zero-order chi connectivity index (χ0) is 103. The fraction of sp³-hybridized carbons (Fsp3) is 0.530. The molecule has 20 aliphatic carbocycles. The number of nitrogens with one attached hydrogen (secondary N) is 3. The number of aromatic nitrogens is 3. The number of ether oxygens (including phenoxy) is 5. The van der Waals surface area contributed by atoms with Crippen LogP contribution < -0.4 is 26.6 Å². The first-order valence-electron chi connectivity index (χ1n) is 58.0. The van der Waals surface area contributed by atoms with E-state index in [1.165, 1.54) is 248 Å². The van der Waals surface area contributed by atoms with Crippen molar-refractivity contribution in [1.82, 2.24) is 15.0 Å². The lowest BCUT2D eigenvalue weighted by molar-refractivity contribution is -0.0522. The number of nitrogens with two attached hydrogens (primary N) is 1. The van der Waals surface area contributed by atoms with E-state index >= 15 is 0 Å². The van der Waals surface area contributed by atoms with Crippen molar-refractivity contribution in [2.75, 3.05) is 59.6 Å². The van der Waals surface area contributed by atoms with E-state index < -0.39 is 0 Å². The van der Waals surface area contributed by atoms with Gasteiger partial charge in [0, 0.05) is 73.2 Å². The molecule has 2 heterocycles. The van der Waals surface area contributed by atoms with Gasteiger partial charge >= 0.3 is 29.8 Å². The van der Waals surface area contributed by atoms with Crippen LogP contribution in [0.15, 0.2) is 225 Å². The van der Waals surface area contributed by atoms with Crippen LogP contribution in [0.25, 0.3) is 0 Å². The second kappa shape index (κ2) is 46.5. The minimum atomic E-state index is -0.277. The van der Waals surface area contributed by atoms with Gasteiger partial charge in [0.15, 0.2) is 0 Å². The molecular formula is C132H162N8O10. The summed E-state index contributed by atoms with van der Waals surface area (Å²) < 4.78 is 26.2. The number of esters is 5. The summed E-state index contributed by atoms with van der Waals surface area (Å²) in [5.41, 5.74) is 29.4. The first-order chi connectivity index (χ1) is 73.0. The predicted molar refractivity (Wildman–Crippen MR) is 595 cm³/mol. The van der Waals surface area contributed by atoms with Crippen molar-refractivity contribution >= 4 is 58.3 Å². The lowest BCUT2D eigenvalue weighted by Gasteiger charge is -2.57. The Morgan fingerprint density at radius 1 is 0.287 bits per heavy atom. The molecule has 20 bridgehead atoms. The topological polar surface area (TPSA) is 236 Å². The third-order valence-corrected chi connectivity index (χ3v) is 38.2. The van der Waals surface area contributed by atoms with Gasteiger partial charge in [-0.1, -0.05) is 121 Å². The SMILES string of the molecule is CCOC(=O)c1ccc(CC23CC4CC(CC(C4)C2)C3)c(N(Cc2ccccc2)Cc2ccccc2)c1.CCOC(=O)c1ccc(CC23CC4CC(CC(C4)C2)C3)c(N)c1.CCOC(=O)c1ccc(CC23CC4CC(CC(C4)C2)C3)c(NCc2ccccc2)c1.CCOC(=O)c1ccc(CC23CC4CC(CC(C4)C2)C3)c(NCc2ccncc2)c1.CCOC(=O)c1ccc(CC23CC4CC(CC(C4)C2)C3)c(NCc2ccncn2)c1. The van der Waals surface area contributed by atoms with E-state index in [-0.39, 0.29) is 29.8 Å². The molecule has 2 aromatic heterocycles. The second-order valence-electron chi connectivity index (χ2n) is 49.9. The first-order valence-corrected chi connectivity index (χ1v) is 58.0. The molecule has 0 atom stereocenters. The van der Waals surface area contributed by atoms with Gasteiger partial charge in [-0.3, -0.25) is 4.98 Å². The number of hydrogen-bond acceptors (Lipinski definition) is 18. The van der Waals surface area contributed by atoms with Crippen LogP contribution in [0.3, 0.4) is 0 Å². The van der Waals surface area contributed by atoms with Crippen LogP contribution in [0.2, 0.25) is 0 Å². The molecule has 20 fully saturated rings. The molecule has 5 N–H and O–H groups in total. The van der Waals surface area contributed by atoms with Gasteiger partial charge in [0.1, 0.15) is 6.33 Å². The van der Waals surface area contributed by atoms with E-state index in [2.05, 4.69) is 157 Å². The number of hydrogen-bond donors (Lipinski definition) is 4. The van der Waals surface area contributed by atoms with Crippen LogP contribution in [-0.2, 0) is 88.5 Å². The van der Waals surface area contributed by atoms with Crippen molar-refractivity contribution in [1.29, 1.82) is 0 Å². The zero-order valence-electron chi connectivity index (χ0n) is 89.8. The molecule has 0 amide bonds. The van der Waals surface area contributed by atoms with Crippen LogP contribution in [0.5, 0.6) is 0 Å². The van der Waals surface area contributed by atoms with Crippen LogP contribution in [0, 0.1) is 116 Å². The summed E-state index contributed by atoms with van der Waals surface area (Å²) in [5, 5.41) is 10.8. The lowest BCUT2D eigenvalue weighted by atomic mass is 9.48. The quantitative estimate of drug-likeness (QED) is 0.0167. The molecule has 8 aromatic carbocycles. The Balaban J connectivity index is 0.000000110. The number of nitrogens with zero attached hydrogens (tertiary/aromatic N) is 4. The molecule has 0 unspecified atom stereocenters. The van der Waals surface area contributed by atoms with Crippen LogP contribution in [0.4, 0.5) is 28.4 Å². The Kier molecular flexibility index (Phi) is 32.3. The van der Waals surface area contributed by atoms with E-state index in [9.17, 15) is 24.0 Å². The van der Waals surface area contributed by atoms with Crippen molar-refractivity contribution in [2.45, 2.75) is 292 Å². The van der Waals surface area contributed by atoms with Crippen LogP contribution >= 0.6 is 0 Å². The molecule has 150 heavy (non-hydrogen) atoms. The fourth-order valence-electron chi connectivity index (χ4n) is 34.6. The number of carbonyl (C=O) groups is 5. The molecule has 20 aliphatic rings. The Morgan fingerprint density at radius 3 is 0.833 bits per heavy atom. The normalized spacial score (nSPS) is 29.1. The Labute approximate surface area is 891 Å². The molecule has 790 valence electrons. The number of pyridine rings is 1. The summed E-state index contributed by atoms with van der Waals surface area (Å²) in [6.07, 6.45) is 55.3. The van der Waals surface area contributed by atoms with E-state index in [1.807, 2.05) is 120 Å². The average molecular weight is 2020 g/mol. The standard InChI is InChI=1S/C34H39NO2.C27H33NO2.C26H32N2O2.C25H31N3O2.C20H27NO2/c1-2-37-33(36)30-13-14-31(22-34-19-27-15-28(20-34)17-29(16-27)21-34)32(18-30)35(23-25-9-5-3-6-10-25)24-26-11-7-4-8-12-26;1-2-30-26(29)23-8-9-24(25(13-23)28-18-19-6-4-3-5-7-19)17-27-14-20-10-21(15-27)12-22(11-20)16-27;1-2-30-25(29)22-3-4-23(24(12-22)28-17-18-5-7-27-8-6-18)16-26-13-19-9-20(14-26)11-21(10-19)15-26;1-2-30-24(29)20-3-4-21(23(10-20)27-15-22-5-6-26-16-28-22)14-25-11-17-7-18(12-25)9-19(8-17)13-25;1-2-23-19(22)16-3-4-17(18(21)8-16)12-20-9-13-5-14(10-20)7-15(6-13)11-20/h3-14,18,27-29H,2,15-17,19-24H2,1H3;3-9,13,20-22,28H,2,10-12,14-18H2,1H3;3-8,12,19-21,28H,2,9-11,13-17H2,1H3;3-6,10,16-19,27H,2,7-9,11-15H2,1H3;3-4,8,13-15H,2,5-7,9-12,21H2,1H3. The minimum absolute atomic E-state index is 0.232. The molecule has 30 rings (SSSR count). The summed E-state index contributed by atoms with van der Waals surface area (Å²) in [5.74, 6) is 12.9. The highest BCUT2D eigenvalue weighted by molar-refractivity contribution is 5.94. The van der Waals surface area contributed by atoms with E-state index in [1.54, 1.807) is 18.6 Å². The van der Waals surface area contributed by atoms with Gasteiger partial charge in [-0.05, 0) is 504 Å². The number of anilines is 5. The maximum absolute atomic E-state index is 12.8. The van der Waals surface area contributed by atoms with Crippen molar-refractivity contribution in [3.63, 3.8) is 0 Å². The summed E-state index contributed by atoms with van der Waals surface area (Å²) in [7, 11) is 0. The van der Waals surface area contributed by atoms with Gasteiger partial charge in [0.25, 0.3) is 0 Å². The summed E-state index contributed by atoms with van der Waals surface area (Å²) in [6.45, 7) is 14.9. The molecule has 18 nitrogen and oxygen atoms in total. The molecule has 10 aromatic rings. The summed E-state index contributed by atoms with van der Waals surface area (Å²) in [6, 6.07) is 68.2. The Morgan fingerprint density at radius 2 is 0.540 bits per heavy atom. The van der Waals surface area contributed by atoms with Gasteiger partial charge in [0.2, 0.25) is 0 Å². The molecule has 0 radical (unpaired) electrons.